The zero-order chi connectivity index (χ0) is 15.4. The summed E-state index contributed by atoms with van der Waals surface area (Å²) >= 11 is 9.61. The number of nitrogens with one attached hydrogen (secondary N) is 1. The Morgan fingerprint density at radius 3 is 2.48 bits per heavy atom. The summed E-state index contributed by atoms with van der Waals surface area (Å²) in [6.07, 6.45) is 0. The van der Waals surface area contributed by atoms with Crippen LogP contribution in [0.4, 0.5) is 0 Å². The Hall–Kier alpha value is -1.27. The molecule has 2 aromatic carbocycles. The van der Waals surface area contributed by atoms with E-state index in [0.29, 0.717) is 10.8 Å². The molecule has 4 nitrogen and oxygen atoms in total. The monoisotopic (exact) mass is 370 g/mol. The Morgan fingerprint density at radius 2 is 1.86 bits per heavy atom. The SMILES string of the molecule is COc1ccc(C(NN)c2cc(Cl)ccc2Br)c(OC)c1. The Kier molecular flexibility index (Phi) is 5.47. The second-order valence-electron chi connectivity index (χ2n) is 4.37. The van der Waals surface area contributed by atoms with E-state index in [4.69, 9.17) is 26.9 Å². The minimum absolute atomic E-state index is 0.265. The summed E-state index contributed by atoms with van der Waals surface area (Å²) in [6, 6.07) is 10.9. The number of hydrazine groups is 1. The van der Waals surface area contributed by atoms with Crippen molar-refractivity contribution in [2.45, 2.75) is 6.04 Å². The summed E-state index contributed by atoms with van der Waals surface area (Å²) in [7, 11) is 3.22. The van der Waals surface area contributed by atoms with Gasteiger partial charge in [0.2, 0.25) is 0 Å². The normalized spacial score (nSPS) is 12.0. The lowest BCUT2D eigenvalue weighted by atomic mass is 9.98. The average molecular weight is 372 g/mol. The van der Waals surface area contributed by atoms with Crippen molar-refractivity contribution in [2.75, 3.05) is 14.2 Å². The molecule has 0 saturated carbocycles. The molecule has 0 saturated heterocycles. The molecule has 1 atom stereocenters. The lowest BCUT2D eigenvalue weighted by molar-refractivity contribution is 0.387. The zero-order valence-electron chi connectivity index (χ0n) is 11.7. The summed E-state index contributed by atoms with van der Waals surface area (Å²) in [4.78, 5) is 0. The van der Waals surface area contributed by atoms with Gasteiger partial charge < -0.3 is 9.47 Å². The van der Waals surface area contributed by atoms with Gasteiger partial charge in [-0.1, -0.05) is 27.5 Å². The van der Waals surface area contributed by atoms with E-state index < -0.39 is 0 Å². The first-order valence-electron chi connectivity index (χ1n) is 6.23. The van der Waals surface area contributed by atoms with Crippen molar-refractivity contribution < 1.29 is 9.47 Å². The van der Waals surface area contributed by atoms with Crippen molar-refractivity contribution in [3.63, 3.8) is 0 Å². The van der Waals surface area contributed by atoms with Crippen molar-refractivity contribution in [1.29, 1.82) is 0 Å². The van der Waals surface area contributed by atoms with Gasteiger partial charge in [0, 0.05) is 21.1 Å². The average Bonchev–Trinajstić information content (AvgIpc) is 2.51. The topological polar surface area (TPSA) is 56.5 Å². The van der Waals surface area contributed by atoms with E-state index >= 15 is 0 Å². The molecular formula is C15H16BrClN2O2. The molecule has 0 aromatic heterocycles. The van der Waals surface area contributed by atoms with Crippen LogP contribution in [0.1, 0.15) is 17.2 Å². The van der Waals surface area contributed by atoms with Crippen LogP contribution in [0.15, 0.2) is 40.9 Å². The van der Waals surface area contributed by atoms with E-state index in [1.54, 1.807) is 14.2 Å². The van der Waals surface area contributed by atoms with Gasteiger partial charge in [-0.25, -0.2) is 5.43 Å². The van der Waals surface area contributed by atoms with Gasteiger partial charge in [-0.2, -0.15) is 0 Å². The van der Waals surface area contributed by atoms with E-state index in [1.165, 1.54) is 0 Å². The van der Waals surface area contributed by atoms with Gasteiger partial charge in [0.15, 0.2) is 0 Å². The fourth-order valence-corrected chi connectivity index (χ4v) is 2.80. The third-order valence-electron chi connectivity index (χ3n) is 3.19. The Labute approximate surface area is 137 Å². The van der Waals surface area contributed by atoms with E-state index in [2.05, 4.69) is 21.4 Å². The van der Waals surface area contributed by atoms with Gasteiger partial charge in [0.1, 0.15) is 11.5 Å². The molecule has 21 heavy (non-hydrogen) atoms. The van der Waals surface area contributed by atoms with Crippen LogP contribution < -0.4 is 20.7 Å². The van der Waals surface area contributed by atoms with Gasteiger partial charge >= 0.3 is 0 Å². The maximum Gasteiger partial charge on any atom is 0.127 e. The highest BCUT2D eigenvalue weighted by Gasteiger charge is 2.20. The number of hydrogen-bond acceptors (Lipinski definition) is 4. The third kappa shape index (κ3) is 3.49. The van der Waals surface area contributed by atoms with Gasteiger partial charge in [-0.3, -0.25) is 5.84 Å². The van der Waals surface area contributed by atoms with Crippen LogP contribution in [-0.2, 0) is 0 Å². The molecule has 3 N–H and O–H groups in total. The largest absolute Gasteiger partial charge is 0.497 e. The Balaban J connectivity index is 2.53. The maximum absolute atomic E-state index is 6.09. The van der Waals surface area contributed by atoms with Gasteiger partial charge in [0.05, 0.1) is 20.3 Å². The standard InChI is InChI=1S/C15H16BrClN2O2/c1-20-10-4-5-11(14(8-10)21-2)15(19-18)12-7-9(17)3-6-13(12)16/h3-8,15,19H,18H2,1-2H3. The minimum Gasteiger partial charge on any atom is -0.497 e. The summed E-state index contributed by atoms with van der Waals surface area (Å²) in [6.45, 7) is 0. The number of rotatable bonds is 5. The first-order valence-corrected chi connectivity index (χ1v) is 7.40. The molecule has 0 bridgehead atoms. The summed E-state index contributed by atoms with van der Waals surface area (Å²) in [5.41, 5.74) is 4.62. The first-order chi connectivity index (χ1) is 10.1. The zero-order valence-corrected chi connectivity index (χ0v) is 14.0. The number of methoxy groups -OCH3 is 2. The van der Waals surface area contributed by atoms with E-state index in [1.807, 2.05) is 36.4 Å². The number of halogens is 2. The molecule has 0 aliphatic carbocycles. The summed E-state index contributed by atoms with van der Waals surface area (Å²) in [5, 5.41) is 0.640. The Morgan fingerprint density at radius 1 is 1.10 bits per heavy atom. The molecule has 0 amide bonds. The van der Waals surface area contributed by atoms with Gasteiger partial charge in [-0.15, -0.1) is 0 Å². The predicted octanol–water partition coefficient (Wildman–Crippen LogP) is 3.67. The molecule has 1 unspecified atom stereocenters. The van der Waals surface area contributed by atoms with Crippen LogP contribution in [0, 0.1) is 0 Å². The lowest BCUT2D eigenvalue weighted by Gasteiger charge is -2.21. The predicted molar refractivity (Wildman–Crippen MR) is 87.9 cm³/mol. The molecule has 112 valence electrons. The van der Waals surface area contributed by atoms with Crippen molar-refractivity contribution >= 4 is 27.5 Å². The van der Waals surface area contributed by atoms with E-state index in [9.17, 15) is 0 Å². The smallest absolute Gasteiger partial charge is 0.127 e. The number of nitrogens with two attached hydrogens (primary N) is 1. The highest BCUT2D eigenvalue weighted by atomic mass is 79.9. The molecule has 0 aliphatic rings. The quantitative estimate of drug-likeness (QED) is 0.622. The molecule has 0 radical (unpaired) electrons. The number of benzene rings is 2. The van der Waals surface area contributed by atoms with Crippen molar-refractivity contribution in [2.24, 2.45) is 5.84 Å². The molecule has 0 aliphatic heterocycles. The lowest BCUT2D eigenvalue weighted by Crippen LogP contribution is -2.29. The van der Waals surface area contributed by atoms with E-state index in [-0.39, 0.29) is 6.04 Å². The van der Waals surface area contributed by atoms with Crippen molar-refractivity contribution in [3.8, 4) is 11.5 Å². The van der Waals surface area contributed by atoms with Crippen molar-refractivity contribution in [3.05, 3.63) is 57.0 Å². The maximum atomic E-state index is 6.09. The third-order valence-corrected chi connectivity index (χ3v) is 4.14. The molecule has 2 rings (SSSR count). The van der Waals surface area contributed by atoms with Crippen LogP contribution >= 0.6 is 27.5 Å². The van der Waals surface area contributed by atoms with Gasteiger partial charge in [0.25, 0.3) is 0 Å². The highest BCUT2D eigenvalue weighted by Crippen LogP contribution is 2.36. The van der Waals surface area contributed by atoms with Crippen LogP contribution in [-0.4, -0.2) is 14.2 Å². The Bertz CT molecular complexity index is 637. The molecule has 2 aromatic rings. The number of hydrogen-bond donors (Lipinski definition) is 2. The van der Waals surface area contributed by atoms with Gasteiger partial charge in [-0.05, 0) is 35.9 Å². The van der Waals surface area contributed by atoms with E-state index in [0.717, 1.165) is 21.3 Å². The molecule has 0 fully saturated rings. The minimum atomic E-state index is -0.265. The first kappa shape index (κ1) is 16.1. The fourth-order valence-electron chi connectivity index (χ4n) is 2.14. The second-order valence-corrected chi connectivity index (χ2v) is 5.66. The fraction of sp³-hybridized carbons (Fsp3) is 0.200. The van der Waals surface area contributed by atoms with Crippen LogP contribution in [0.25, 0.3) is 0 Å². The second kappa shape index (κ2) is 7.13. The molecule has 0 heterocycles. The van der Waals surface area contributed by atoms with Crippen molar-refractivity contribution in [1.82, 2.24) is 5.43 Å². The van der Waals surface area contributed by atoms with Crippen LogP contribution in [0.5, 0.6) is 11.5 Å². The molecular weight excluding hydrogens is 356 g/mol. The highest BCUT2D eigenvalue weighted by molar-refractivity contribution is 9.10. The van der Waals surface area contributed by atoms with Crippen LogP contribution in [0.3, 0.4) is 0 Å². The van der Waals surface area contributed by atoms with Crippen LogP contribution in [0.2, 0.25) is 5.02 Å². The number of ether oxygens (including phenoxy) is 2. The molecule has 0 spiro atoms. The molecule has 6 heteroatoms. The summed E-state index contributed by atoms with van der Waals surface area (Å²) < 4.78 is 11.6. The summed E-state index contributed by atoms with van der Waals surface area (Å²) in [5.74, 6) is 7.15.